The summed E-state index contributed by atoms with van der Waals surface area (Å²) in [5, 5.41) is 0. The molecule has 186 valence electrons. The van der Waals surface area contributed by atoms with Crippen LogP contribution in [0, 0.1) is 5.41 Å². The fourth-order valence-corrected chi connectivity index (χ4v) is 4.00. The maximum atomic E-state index is 13.4. The first-order valence-corrected chi connectivity index (χ1v) is 10.8. The summed E-state index contributed by atoms with van der Waals surface area (Å²) in [5.41, 5.74) is -3.16. The minimum Gasteiger partial charge on any atom is -0.471 e. The highest BCUT2D eigenvalue weighted by molar-refractivity contribution is 7.95. The van der Waals surface area contributed by atoms with Gasteiger partial charge in [-0.2, -0.15) is 35.1 Å². The molecule has 1 aromatic heterocycles. The van der Waals surface area contributed by atoms with Crippen LogP contribution in [-0.4, -0.2) is 55.2 Å². The summed E-state index contributed by atoms with van der Waals surface area (Å²) in [5.74, 6) is -6.31. The van der Waals surface area contributed by atoms with Gasteiger partial charge in [0.15, 0.2) is 16.4 Å². The standard InChI is InChI=1S/C18H17F9N2O3S/c1-3-33(30,31)12-7-15(2,18(25,26)27)5-4-10(12)11-6-13(29-9-28-11)32-8-16(20,21)14(19)17(22,23)24/h4,6-7,9,14H,3,5,8H2,1-2H3. The maximum absolute atomic E-state index is 13.4. The van der Waals surface area contributed by atoms with Crippen molar-refractivity contribution in [3.63, 3.8) is 0 Å². The second-order valence-electron chi connectivity index (χ2n) is 7.34. The van der Waals surface area contributed by atoms with Crippen molar-refractivity contribution in [3.05, 3.63) is 35.1 Å². The molecular weight excluding hydrogens is 495 g/mol. The predicted molar refractivity (Wildman–Crippen MR) is 97.7 cm³/mol. The van der Waals surface area contributed by atoms with Gasteiger partial charge in [-0.3, -0.25) is 0 Å². The molecule has 0 bridgehead atoms. The molecule has 1 aliphatic carbocycles. The lowest BCUT2D eigenvalue weighted by atomic mass is 9.80. The van der Waals surface area contributed by atoms with Crippen molar-refractivity contribution in [2.24, 2.45) is 5.41 Å². The smallest absolute Gasteiger partial charge is 0.425 e. The van der Waals surface area contributed by atoms with Crippen LogP contribution in [0.4, 0.5) is 39.5 Å². The van der Waals surface area contributed by atoms with Crippen LogP contribution in [-0.2, 0) is 9.84 Å². The largest absolute Gasteiger partial charge is 0.471 e. The van der Waals surface area contributed by atoms with Crippen molar-refractivity contribution in [2.75, 3.05) is 12.4 Å². The molecule has 5 nitrogen and oxygen atoms in total. The van der Waals surface area contributed by atoms with Crippen LogP contribution >= 0.6 is 0 Å². The summed E-state index contributed by atoms with van der Waals surface area (Å²) in [6.45, 7) is -0.0840. The maximum Gasteiger partial charge on any atom is 0.425 e. The molecule has 0 saturated heterocycles. The van der Waals surface area contributed by atoms with E-state index in [0.717, 1.165) is 19.1 Å². The van der Waals surface area contributed by atoms with E-state index in [0.29, 0.717) is 12.4 Å². The van der Waals surface area contributed by atoms with E-state index in [-0.39, 0.29) is 11.3 Å². The molecule has 0 radical (unpaired) electrons. The summed E-state index contributed by atoms with van der Waals surface area (Å²) in [6.07, 6.45) is -13.7. The second-order valence-corrected chi connectivity index (χ2v) is 9.59. The Labute approximate surface area is 182 Å². The minimum absolute atomic E-state index is 0.295. The lowest BCUT2D eigenvalue weighted by molar-refractivity contribution is -0.250. The lowest BCUT2D eigenvalue weighted by Crippen LogP contribution is -2.45. The summed E-state index contributed by atoms with van der Waals surface area (Å²) in [4.78, 5) is 6.37. The highest BCUT2D eigenvalue weighted by Crippen LogP contribution is 2.48. The summed E-state index contributed by atoms with van der Waals surface area (Å²) >= 11 is 0. The van der Waals surface area contributed by atoms with Crippen molar-refractivity contribution in [3.8, 4) is 5.88 Å². The van der Waals surface area contributed by atoms with Crippen LogP contribution < -0.4 is 4.74 Å². The molecule has 0 N–H and O–H groups in total. The zero-order chi connectivity index (χ0) is 25.5. The van der Waals surface area contributed by atoms with Crippen LogP contribution in [0.5, 0.6) is 5.88 Å². The second kappa shape index (κ2) is 8.80. The van der Waals surface area contributed by atoms with Crippen LogP contribution in [0.15, 0.2) is 29.5 Å². The first-order valence-electron chi connectivity index (χ1n) is 9.11. The predicted octanol–water partition coefficient (Wildman–Crippen LogP) is 5.07. The van der Waals surface area contributed by atoms with Crippen molar-refractivity contribution in [2.45, 2.75) is 44.7 Å². The van der Waals surface area contributed by atoms with Gasteiger partial charge in [0.2, 0.25) is 5.88 Å². The monoisotopic (exact) mass is 512 g/mol. The molecule has 0 spiro atoms. The third kappa shape index (κ3) is 5.79. The van der Waals surface area contributed by atoms with Crippen molar-refractivity contribution in [1.82, 2.24) is 9.97 Å². The molecule has 1 heterocycles. The number of alkyl halides is 9. The average Bonchev–Trinajstić information content (AvgIpc) is 2.70. The Balaban J connectivity index is 2.40. The quantitative estimate of drug-likeness (QED) is 0.478. The number of allylic oxidation sites excluding steroid dienone is 3. The fourth-order valence-electron chi connectivity index (χ4n) is 2.73. The van der Waals surface area contributed by atoms with E-state index >= 15 is 0 Å². The fraction of sp³-hybridized carbons (Fsp3) is 0.556. The van der Waals surface area contributed by atoms with E-state index in [9.17, 15) is 47.9 Å². The molecule has 2 rings (SSSR count). The summed E-state index contributed by atoms with van der Waals surface area (Å²) in [7, 11) is -4.23. The Morgan fingerprint density at radius 2 is 1.73 bits per heavy atom. The van der Waals surface area contributed by atoms with Gasteiger partial charge in [0.1, 0.15) is 6.33 Å². The van der Waals surface area contributed by atoms with Gasteiger partial charge in [0.25, 0.3) is 6.17 Å². The van der Waals surface area contributed by atoms with Gasteiger partial charge in [-0.15, -0.1) is 0 Å². The van der Waals surface area contributed by atoms with Gasteiger partial charge in [-0.1, -0.05) is 13.0 Å². The van der Waals surface area contributed by atoms with E-state index in [1.165, 1.54) is 6.92 Å². The SMILES string of the molecule is CCS(=O)(=O)C1=CC(C)(C(F)(F)F)CC=C1c1cc(OCC(F)(F)C(F)C(F)(F)F)ncn1. The molecular formula is C18H17F9N2O3S. The van der Waals surface area contributed by atoms with Crippen molar-refractivity contribution in [1.29, 1.82) is 0 Å². The molecule has 1 aliphatic rings. The summed E-state index contributed by atoms with van der Waals surface area (Å²) in [6, 6.07) is 0.748. The highest BCUT2D eigenvalue weighted by Gasteiger charge is 2.57. The van der Waals surface area contributed by atoms with Crippen LogP contribution in [0.3, 0.4) is 0 Å². The zero-order valence-corrected chi connectivity index (χ0v) is 17.8. The first-order chi connectivity index (χ1) is 14.8. The highest BCUT2D eigenvalue weighted by atomic mass is 32.2. The third-order valence-corrected chi connectivity index (χ3v) is 6.56. The molecule has 0 aliphatic heterocycles. The Morgan fingerprint density at radius 3 is 2.24 bits per heavy atom. The van der Waals surface area contributed by atoms with Crippen LogP contribution in [0.2, 0.25) is 0 Å². The summed E-state index contributed by atoms with van der Waals surface area (Å²) < 4.78 is 146. The molecule has 0 aromatic carbocycles. The van der Waals surface area contributed by atoms with E-state index in [4.69, 9.17) is 0 Å². The number of ether oxygens (including phenoxy) is 1. The molecule has 2 unspecified atom stereocenters. The first kappa shape index (κ1) is 26.9. The van der Waals surface area contributed by atoms with Crippen molar-refractivity contribution < 1.29 is 52.7 Å². The zero-order valence-electron chi connectivity index (χ0n) is 16.9. The number of hydrogen-bond acceptors (Lipinski definition) is 5. The molecule has 0 saturated carbocycles. The Morgan fingerprint density at radius 1 is 1.12 bits per heavy atom. The van der Waals surface area contributed by atoms with Gasteiger partial charge < -0.3 is 4.74 Å². The van der Waals surface area contributed by atoms with E-state index in [1.54, 1.807) is 0 Å². The minimum atomic E-state index is -5.85. The average molecular weight is 512 g/mol. The molecule has 33 heavy (non-hydrogen) atoms. The van der Waals surface area contributed by atoms with Gasteiger partial charge in [0.05, 0.1) is 21.8 Å². The lowest BCUT2D eigenvalue weighted by Gasteiger charge is -2.32. The number of nitrogens with zero attached hydrogens (tertiary/aromatic N) is 2. The Kier molecular flexibility index (Phi) is 7.18. The van der Waals surface area contributed by atoms with Gasteiger partial charge >= 0.3 is 18.3 Å². The molecule has 15 heteroatoms. The molecule has 0 amide bonds. The van der Waals surface area contributed by atoms with Gasteiger partial charge in [-0.25, -0.2) is 22.8 Å². The van der Waals surface area contributed by atoms with E-state index in [2.05, 4.69) is 14.7 Å². The van der Waals surface area contributed by atoms with E-state index < -0.39 is 69.3 Å². The van der Waals surface area contributed by atoms with E-state index in [1.807, 2.05) is 0 Å². The molecule has 0 fully saturated rings. The Bertz CT molecular complexity index is 1050. The molecule has 1 aromatic rings. The van der Waals surface area contributed by atoms with Crippen LogP contribution in [0.1, 0.15) is 26.0 Å². The van der Waals surface area contributed by atoms with Crippen LogP contribution in [0.25, 0.3) is 5.57 Å². The molecule has 2 atom stereocenters. The normalized spacial score (nSPS) is 21.3. The number of halogens is 9. The topological polar surface area (TPSA) is 69.2 Å². The number of rotatable bonds is 7. The van der Waals surface area contributed by atoms with Gasteiger partial charge in [0, 0.05) is 11.6 Å². The number of hydrogen-bond donors (Lipinski definition) is 0. The third-order valence-electron chi connectivity index (χ3n) is 4.80. The Hall–Kier alpha value is -2.32. The number of sulfone groups is 1. The number of aromatic nitrogens is 2. The van der Waals surface area contributed by atoms with Gasteiger partial charge in [-0.05, 0) is 19.4 Å². The van der Waals surface area contributed by atoms with Crippen molar-refractivity contribution >= 4 is 15.4 Å².